The van der Waals surface area contributed by atoms with Crippen molar-refractivity contribution in [2.24, 2.45) is 0 Å². The highest BCUT2D eigenvalue weighted by molar-refractivity contribution is 7.92. The quantitative estimate of drug-likeness (QED) is 0.479. The van der Waals surface area contributed by atoms with Gasteiger partial charge in [0.05, 0.1) is 18.0 Å². The zero-order valence-electron chi connectivity index (χ0n) is 19.5. The summed E-state index contributed by atoms with van der Waals surface area (Å²) in [4.78, 5) is 14.6. The lowest BCUT2D eigenvalue weighted by molar-refractivity contribution is 0.0942. The third kappa shape index (κ3) is 6.12. The van der Waals surface area contributed by atoms with Gasteiger partial charge in [0.2, 0.25) is 0 Å². The van der Waals surface area contributed by atoms with E-state index in [0.717, 1.165) is 17.4 Å². The van der Waals surface area contributed by atoms with Gasteiger partial charge in [-0.25, -0.2) is 12.8 Å². The SMILES string of the molecule is COc1ccc([C@@H](CNC(=O)c2ccc(NS(=O)(=O)c3ccc(F)c(C)c3)cc2)N(C)C)cc1. The van der Waals surface area contributed by atoms with Crippen LogP contribution in [0.15, 0.2) is 71.6 Å². The first-order chi connectivity index (χ1) is 16.1. The molecule has 0 bridgehead atoms. The highest BCUT2D eigenvalue weighted by Gasteiger charge is 2.18. The Hall–Kier alpha value is -3.43. The van der Waals surface area contributed by atoms with Crippen molar-refractivity contribution in [3.8, 4) is 5.75 Å². The molecule has 0 aliphatic heterocycles. The highest BCUT2D eigenvalue weighted by atomic mass is 32.2. The van der Waals surface area contributed by atoms with Crippen LogP contribution in [0, 0.1) is 12.7 Å². The van der Waals surface area contributed by atoms with Crippen molar-refractivity contribution >= 4 is 21.6 Å². The second-order valence-corrected chi connectivity index (χ2v) is 9.74. The summed E-state index contributed by atoms with van der Waals surface area (Å²) < 4.78 is 46.3. The Morgan fingerprint density at radius 3 is 2.24 bits per heavy atom. The molecule has 0 unspecified atom stereocenters. The summed E-state index contributed by atoms with van der Waals surface area (Å²) in [5.41, 5.74) is 1.96. The van der Waals surface area contributed by atoms with Gasteiger partial charge < -0.3 is 15.0 Å². The Kier molecular flexibility index (Phi) is 7.90. The third-order valence-electron chi connectivity index (χ3n) is 5.42. The van der Waals surface area contributed by atoms with E-state index in [4.69, 9.17) is 4.74 Å². The molecule has 0 saturated heterocycles. The summed E-state index contributed by atoms with van der Waals surface area (Å²) in [5.74, 6) is 0.0114. The number of anilines is 1. The topological polar surface area (TPSA) is 87.7 Å². The molecule has 0 radical (unpaired) electrons. The molecule has 0 aliphatic carbocycles. The number of hydrogen-bond acceptors (Lipinski definition) is 5. The maximum atomic E-state index is 13.5. The number of aryl methyl sites for hydroxylation is 1. The molecular weight excluding hydrogens is 457 g/mol. The van der Waals surface area contributed by atoms with Gasteiger partial charge in [0.15, 0.2) is 0 Å². The summed E-state index contributed by atoms with van der Waals surface area (Å²) in [7, 11) is 1.60. The minimum Gasteiger partial charge on any atom is -0.497 e. The lowest BCUT2D eigenvalue weighted by atomic mass is 10.1. The van der Waals surface area contributed by atoms with Gasteiger partial charge in [-0.2, -0.15) is 0 Å². The number of likely N-dealkylation sites (N-methyl/N-ethyl adjacent to an activating group) is 1. The number of methoxy groups -OCH3 is 1. The maximum Gasteiger partial charge on any atom is 0.261 e. The average molecular weight is 486 g/mol. The zero-order valence-corrected chi connectivity index (χ0v) is 20.3. The van der Waals surface area contributed by atoms with Crippen LogP contribution in [0.2, 0.25) is 0 Å². The second-order valence-electron chi connectivity index (χ2n) is 8.06. The van der Waals surface area contributed by atoms with E-state index in [9.17, 15) is 17.6 Å². The molecule has 0 heterocycles. The van der Waals surface area contributed by atoms with E-state index in [2.05, 4.69) is 10.0 Å². The van der Waals surface area contributed by atoms with Crippen molar-refractivity contribution in [3.05, 3.63) is 89.2 Å². The lowest BCUT2D eigenvalue weighted by Crippen LogP contribution is -2.34. The molecule has 3 aromatic carbocycles. The summed E-state index contributed by atoms with van der Waals surface area (Å²) >= 11 is 0. The summed E-state index contributed by atoms with van der Waals surface area (Å²) in [6.07, 6.45) is 0. The fourth-order valence-corrected chi connectivity index (χ4v) is 4.55. The Bertz CT molecular complexity index is 1240. The van der Waals surface area contributed by atoms with Gasteiger partial charge in [-0.3, -0.25) is 9.52 Å². The number of nitrogens with one attached hydrogen (secondary N) is 2. The summed E-state index contributed by atoms with van der Waals surface area (Å²) in [5, 5.41) is 2.93. The van der Waals surface area contributed by atoms with Crippen molar-refractivity contribution in [3.63, 3.8) is 0 Å². The first-order valence-electron chi connectivity index (χ1n) is 10.6. The molecule has 7 nitrogen and oxygen atoms in total. The number of hydrogen-bond donors (Lipinski definition) is 2. The molecule has 0 spiro atoms. The lowest BCUT2D eigenvalue weighted by Gasteiger charge is -2.25. The predicted octanol–water partition coefficient (Wildman–Crippen LogP) is 3.98. The van der Waals surface area contributed by atoms with E-state index < -0.39 is 15.8 Å². The van der Waals surface area contributed by atoms with E-state index in [-0.39, 0.29) is 22.4 Å². The third-order valence-corrected chi connectivity index (χ3v) is 6.80. The van der Waals surface area contributed by atoms with Crippen LogP contribution in [0.1, 0.15) is 27.5 Å². The number of ether oxygens (including phenoxy) is 1. The van der Waals surface area contributed by atoms with Gasteiger partial charge in [-0.15, -0.1) is 0 Å². The van der Waals surface area contributed by atoms with Crippen LogP contribution >= 0.6 is 0 Å². The Labute approximate surface area is 199 Å². The molecule has 2 N–H and O–H groups in total. The zero-order chi connectivity index (χ0) is 24.9. The number of benzene rings is 3. The average Bonchev–Trinajstić information content (AvgIpc) is 2.81. The molecule has 3 rings (SSSR count). The fourth-order valence-electron chi connectivity index (χ4n) is 3.40. The van der Waals surface area contributed by atoms with Crippen LogP contribution < -0.4 is 14.8 Å². The van der Waals surface area contributed by atoms with Crippen LogP contribution in [0.5, 0.6) is 5.75 Å². The van der Waals surface area contributed by atoms with Crippen LogP contribution in [0.3, 0.4) is 0 Å². The van der Waals surface area contributed by atoms with Crippen LogP contribution in [-0.4, -0.2) is 47.0 Å². The number of nitrogens with zero attached hydrogens (tertiary/aromatic N) is 1. The smallest absolute Gasteiger partial charge is 0.261 e. The van der Waals surface area contributed by atoms with E-state index in [0.29, 0.717) is 17.8 Å². The van der Waals surface area contributed by atoms with Gasteiger partial charge in [0, 0.05) is 17.8 Å². The molecule has 3 aromatic rings. The van der Waals surface area contributed by atoms with E-state index in [1.165, 1.54) is 31.2 Å². The first kappa shape index (κ1) is 25.2. The Balaban J connectivity index is 1.65. The van der Waals surface area contributed by atoms with Gasteiger partial charge >= 0.3 is 0 Å². The summed E-state index contributed by atoms with van der Waals surface area (Å²) in [6, 6.07) is 17.3. The van der Waals surface area contributed by atoms with Crippen molar-refractivity contribution in [2.75, 3.05) is 32.5 Å². The Morgan fingerprint density at radius 2 is 1.68 bits per heavy atom. The highest BCUT2D eigenvalue weighted by Crippen LogP contribution is 2.22. The normalized spacial score (nSPS) is 12.3. The van der Waals surface area contributed by atoms with Crippen molar-refractivity contribution in [1.29, 1.82) is 0 Å². The standard InChI is InChI=1S/C25H28FN3O4S/c1-17-15-22(13-14-23(17)26)34(31,32)28-20-9-5-19(6-10-20)25(30)27-16-24(29(2)3)18-7-11-21(33-4)12-8-18/h5-15,24,28H,16H2,1-4H3,(H,27,30)/t24-/m1/s1. The monoisotopic (exact) mass is 485 g/mol. The van der Waals surface area contributed by atoms with Crippen LogP contribution in [-0.2, 0) is 10.0 Å². The van der Waals surface area contributed by atoms with E-state index in [1.54, 1.807) is 19.2 Å². The van der Waals surface area contributed by atoms with Gasteiger partial charge in [-0.1, -0.05) is 12.1 Å². The predicted molar refractivity (Wildman–Crippen MR) is 130 cm³/mol. The molecular formula is C25H28FN3O4S. The van der Waals surface area contributed by atoms with Crippen molar-refractivity contribution in [2.45, 2.75) is 17.9 Å². The fraction of sp³-hybridized carbons (Fsp3) is 0.240. The minimum absolute atomic E-state index is 0.0403. The first-order valence-corrected chi connectivity index (χ1v) is 12.1. The number of amides is 1. The second kappa shape index (κ2) is 10.7. The molecule has 1 amide bonds. The number of halogens is 1. The number of rotatable bonds is 9. The molecule has 1 atom stereocenters. The molecule has 0 aromatic heterocycles. The van der Waals surface area contributed by atoms with Gasteiger partial charge in [-0.05, 0) is 86.7 Å². The molecule has 0 saturated carbocycles. The number of carbonyl (C=O) groups excluding carboxylic acids is 1. The van der Waals surface area contributed by atoms with Gasteiger partial charge in [0.25, 0.3) is 15.9 Å². The van der Waals surface area contributed by atoms with Crippen LogP contribution in [0.4, 0.5) is 10.1 Å². The van der Waals surface area contributed by atoms with Crippen molar-refractivity contribution in [1.82, 2.24) is 10.2 Å². The number of carbonyl (C=O) groups is 1. The molecule has 0 aliphatic rings. The van der Waals surface area contributed by atoms with E-state index >= 15 is 0 Å². The summed E-state index contributed by atoms with van der Waals surface area (Å²) in [6.45, 7) is 1.88. The van der Waals surface area contributed by atoms with Crippen LogP contribution in [0.25, 0.3) is 0 Å². The van der Waals surface area contributed by atoms with Crippen molar-refractivity contribution < 1.29 is 22.3 Å². The minimum atomic E-state index is -3.88. The number of sulfonamides is 1. The molecule has 9 heteroatoms. The van der Waals surface area contributed by atoms with Gasteiger partial charge in [0.1, 0.15) is 11.6 Å². The maximum absolute atomic E-state index is 13.5. The molecule has 180 valence electrons. The Morgan fingerprint density at radius 1 is 1.03 bits per heavy atom. The largest absolute Gasteiger partial charge is 0.497 e. The van der Waals surface area contributed by atoms with E-state index in [1.807, 2.05) is 43.3 Å². The molecule has 0 fully saturated rings. The molecule has 34 heavy (non-hydrogen) atoms.